The average Bonchev–Trinajstić information content (AvgIpc) is 3.29. The molecule has 0 bridgehead atoms. The predicted molar refractivity (Wildman–Crippen MR) is 92.0 cm³/mol. The molecule has 5 rings (SSSR count). The van der Waals surface area contributed by atoms with E-state index < -0.39 is 5.91 Å². The van der Waals surface area contributed by atoms with E-state index >= 15 is 0 Å². The van der Waals surface area contributed by atoms with Crippen molar-refractivity contribution in [3.63, 3.8) is 0 Å². The number of nitrogens with zero attached hydrogens (tertiary/aromatic N) is 3. The molecular formula is C18H13N3O3S. The maximum atomic E-state index is 12.9. The summed E-state index contributed by atoms with van der Waals surface area (Å²) in [5.41, 5.74) is 2.34. The van der Waals surface area contributed by atoms with Crippen molar-refractivity contribution in [1.29, 1.82) is 0 Å². The maximum Gasteiger partial charge on any atom is 0.279 e. The van der Waals surface area contributed by atoms with Crippen LogP contribution < -0.4 is 5.56 Å². The first kappa shape index (κ1) is 14.5. The highest BCUT2D eigenvalue weighted by Crippen LogP contribution is 2.32. The predicted octanol–water partition coefficient (Wildman–Crippen LogP) is 2.04. The first-order chi connectivity index (χ1) is 12.1. The molecule has 0 spiro atoms. The zero-order valence-corrected chi connectivity index (χ0v) is 14.0. The fourth-order valence-electron chi connectivity index (χ4n) is 3.57. The molecule has 0 saturated heterocycles. The zero-order chi connectivity index (χ0) is 17.1. The van der Waals surface area contributed by atoms with E-state index in [4.69, 9.17) is 0 Å². The number of carbonyl (C=O) groups excluding carboxylic acids is 2. The van der Waals surface area contributed by atoms with Crippen LogP contribution in [0.1, 0.15) is 43.4 Å². The van der Waals surface area contributed by atoms with E-state index in [1.807, 2.05) is 30.3 Å². The van der Waals surface area contributed by atoms with Crippen LogP contribution in [0.2, 0.25) is 0 Å². The van der Waals surface area contributed by atoms with Crippen LogP contribution in [0.3, 0.4) is 0 Å². The molecule has 2 amide bonds. The van der Waals surface area contributed by atoms with Gasteiger partial charge in [-0.15, -0.1) is 0 Å². The third kappa shape index (κ3) is 1.96. The Morgan fingerprint density at radius 2 is 1.84 bits per heavy atom. The molecule has 0 atom stereocenters. The van der Waals surface area contributed by atoms with Crippen LogP contribution >= 0.6 is 11.3 Å². The summed E-state index contributed by atoms with van der Waals surface area (Å²) in [5.74, 6) is -0.768. The van der Waals surface area contributed by atoms with Gasteiger partial charge in [0, 0.05) is 5.56 Å². The largest absolute Gasteiger partial charge is 0.279 e. The molecule has 0 unspecified atom stereocenters. The van der Waals surface area contributed by atoms with E-state index in [1.54, 1.807) is 0 Å². The number of benzene rings is 1. The van der Waals surface area contributed by atoms with Crippen molar-refractivity contribution >= 4 is 28.1 Å². The molecule has 25 heavy (non-hydrogen) atoms. The normalized spacial score (nSPS) is 15.9. The number of carbonyl (C=O) groups is 2. The average molecular weight is 351 g/mol. The van der Waals surface area contributed by atoms with E-state index in [0.717, 1.165) is 35.4 Å². The molecule has 0 fully saturated rings. The minimum absolute atomic E-state index is 0.174. The van der Waals surface area contributed by atoms with Crippen molar-refractivity contribution in [3.05, 3.63) is 68.1 Å². The topological polar surface area (TPSA) is 71.7 Å². The monoisotopic (exact) mass is 351 g/mol. The lowest BCUT2D eigenvalue weighted by molar-refractivity contribution is 0.0641. The van der Waals surface area contributed by atoms with Gasteiger partial charge in [0.15, 0.2) is 4.96 Å². The second-order valence-electron chi connectivity index (χ2n) is 6.28. The molecule has 3 heterocycles. The molecule has 0 saturated carbocycles. The highest BCUT2D eigenvalue weighted by atomic mass is 32.1. The van der Waals surface area contributed by atoms with E-state index in [-0.39, 0.29) is 23.7 Å². The van der Waals surface area contributed by atoms with Crippen LogP contribution in [0.25, 0.3) is 4.96 Å². The van der Waals surface area contributed by atoms with Gasteiger partial charge in [-0.2, -0.15) is 0 Å². The van der Waals surface area contributed by atoms with Crippen LogP contribution in [0, 0.1) is 0 Å². The molecule has 7 heteroatoms. The molecular weight excluding hydrogens is 338 g/mol. The van der Waals surface area contributed by atoms with Crippen molar-refractivity contribution in [2.45, 2.75) is 25.8 Å². The van der Waals surface area contributed by atoms with Crippen molar-refractivity contribution in [2.75, 3.05) is 0 Å². The first-order valence-electron chi connectivity index (χ1n) is 8.12. The van der Waals surface area contributed by atoms with Crippen molar-refractivity contribution in [2.24, 2.45) is 0 Å². The maximum absolute atomic E-state index is 12.9. The van der Waals surface area contributed by atoms with Gasteiger partial charge >= 0.3 is 0 Å². The number of hydrogen-bond acceptors (Lipinski definition) is 5. The fourth-order valence-corrected chi connectivity index (χ4v) is 4.64. The Morgan fingerprint density at radius 3 is 2.64 bits per heavy atom. The molecule has 124 valence electrons. The Morgan fingerprint density at radius 1 is 1.04 bits per heavy atom. The van der Waals surface area contributed by atoms with Crippen LogP contribution in [0.15, 0.2) is 35.1 Å². The molecule has 2 aliphatic rings. The van der Waals surface area contributed by atoms with E-state index in [0.29, 0.717) is 21.8 Å². The smallest absolute Gasteiger partial charge is 0.269 e. The van der Waals surface area contributed by atoms with Gasteiger partial charge in [-0.1, -0.05) is 41.7 Å². The highest BCUT2D eigenvalue weighted by Gasteiger charge is 2.41. The van der Waals surface area contributed by atoms with Gasteiger partial charge in [0.25, 0.3) is 17.4 Å². The number of rotatable bonds is 2. The number of fused-ring (bicyclic) bond motifs is 4. The molecule has 1 aliphatic carbocycles. The molecule has 3 aromatic rings. The van der Waals surface area contributed by atoms with Gasteiger partial charge < -0.3 is 0 Å². The molecule has 1 aliphatic heterocycles. The lowest BCUT2D eigenvalue weighted by Crippen LogP contribution is -2.31. The summed E-state index contributed by atoms with van der Waals surface area (Å²) >= 11 is 1.13. The number of amides is 2. The van der Waals surface area contributed by atoms with E-state index in [9.17, 15) is 14.4 Å². The number of imide groups is 1. The second kappa shape index (κ2) is 5.10. The lowest BCUT2D eigenvalue weighted by Gasteiger charge is -2.14. The SMILES string of the molecule is O=C1c2sc3nc4c(c(=O)n3c2C(=O)N1Cc1ccccc1)CCC4. The summed E-state index contributed by atoms with van der Waals surface area (Å²) in [4.78, 5) is 44.9. The number of thiazole rings is 1. The zero-order valence-electron chi connectivity index (χ0n) is 13.2. The Labute approximate surface area is 146 Å². The molecule has 0 radical (unpaired) electrons. The number of aryl methyl sites for hydroxylation is 1. The summed E-state index contributed by atoms with van der Waals surface area (Å²) in [6.07, 6.45) is 2.38. The highest BCUT2D eigenvalue weighted by molar-refractivity contribution is 7.19. The molecule has 0 N–H and O–H groups in total. The van der Waals surface area contributed by atoms with Gasteiger partial charge in [-0.05, 0) is 24.8 Å². The van der Waals surface area contributed by atoms with E-state index in [2.05, 4.69) is 4.98 Å². The van der Waals surface area contributed by atoms with E-state index in [1.165, 1.54) is 9.30 Å². The first-order valence-corrected chi connectivity index (χ1v) is 8.94. The second-order valence-corrected chi connectivity index (χ2v) is 7.25. The third-order valence-corrected chi connectivity index (χ3v) is 5.80. The third-order valence-electron chi connectivity index (χ3n) is 4.77. The quantitative estimate of drug-likeness (QED) is 0.663. The van der Waals surface area contributed by atoms with Crippen molar-refractivity contribution in [3.8, 4) is 0 Å². The molecule has 1 aromatic carbocycles. The Balaban J connectivity index is 1.65. The van der Waals surface area contributed by atoms with Crippen molar-refractivity contribution < 1.29 is 9.59 Å². The van der Waals surface area contributed by atoms with Crippen LogP contribution in [0.5, 0.6) is 0 Å². The molecule has 6 nitrogen and oxygen atoms in total. The summed E-state index contributed by atoms with van der Waals surface area (Å²) in [6.45, 7) is 0.203. The molecule has 2 aromatic heterocycles. The van der Waals surface area contributed by atoms with Gasteiger partial charge in [0.1, 0.15) is 10.6 Å². The summed E-state index contributed by atoms with van der Waals surface area (Å²) < 4.78 is 1.34. The minimum Gasteiger partial charge on any atom is -0.269 e. The Hall–Kier alpha value is -2.80. The summed E-state index contributed by atoms with van der Waals surface area (Å²) in [5, 5.41) is 0. The summed E-state index contributed by atoms with van der Waals surface area (Å²) in [6, 6.07) is 9.34. The summed E-state index contributed by atoms with van der Waals surface area (Å²) in [7, 11) is 0. The lowest BCUT2D eigenvalue weighted by atomic mass is 10.2. The number of aromatic nitrogens is 2. The standard InChI is InChI=1S/C18H13N3O3S/c22-15-11-7-4-8-12(11)19-18-21(15)13-14(25-18)17(24)20(16(13)23)9-10-5-2-1-3-6-10/h1-3,5-6H,4,7-9H2. The van der Waals surface area contributed by atoms with Gasteiger partial charge in [0.05, 0.1) is 12.2 Å². The number of hydrogen-bond donors (Lipinski definition) is 0. The van der Waals surface area contributed by atoms with Gasteiger partial charge in [0.2, 0.25) is 0 Å². The van der Waals surface area contributed by atoms with Crippen molar-refractivity contribution in [1.82, 2.24) is 14.3 Å². The van der Waals surface area contributed by atoms with Crippen LogP contribution in [-0.4, -0.2) is 26.1 Å². The Kier molecular flexibility index (Phi) is 2.96. The van der Waals surface area contributed by atoms with Gasteiger partial charge in [-0.3, -0.25) is 19.3 Å². The van der Waals surface area contributed by atoms with Gasteiger partial charge in [-0.25, -0.2) is 9.38 Å². The van der Waals surface area contributed by atoms with Crippen LogP contribution in [-0.2, 0) is 19.4 Å². The Bertz CT molecular complexity index is 1110. The fraction of sp³-hybridized carbons (Fsp3) is 0.222. The van der Waals surface area contributed by atoms with Crippen LogP contribution in [0.4, 0.5) is 0 Å². The minimum atomic E-state index is -0.419.